The highest BCUT2D eigenvalue weighted by atomic mass is 32.2. The van der Waals surface area contributed by atoms with E-state index in [1.54, 1.807) is 48.4 Å². The van der Waals surface area contributed by atoms with Gasteiger partial charge in [0.25, 0.3) is 5.91 Å². The average Bonchev–Trinajstić information content (AvgIpc) is 2.69. The molecule has 0 N–H and O–H groups in total. The fraction of sp³-hybridized carbons (Fsp3) is 0.350. The highest BCUT2D eigenvalue weighted by Gasteiger charge is 2.20. The Labute approximate surface area is 171 Å². The maximum Gasteiger partial charge on any atom is 0.306 e. The Hall–Kier alpha value is -2.78. The molecule has 0 fully saturated rings. The summed E-state index contributed by atoms with van der Waals surface area (Å²) in [4.78, 5) is 14.7. The maximum absolute atomic E-state index is 13.1. The number of amides is 1. The number of nitrogens with zero attached hydrogens (tertiary/aromatic N) is 1. The lowest BCUT2D eigenvalue weighted by molar-refractivity contribution is 0.0677. The zero-order valence-corrected chi connectivity index (χ0v) is 17.7. The number of benzene rings is 2. The molecule has 0 aromatic heterocycles. The van der Waals surface area contributed by atoms with Crippen molar-refractivity contribution < 1.29 is 31.6 Å². The van der Waals surface area contributed by atoms with Gasteiger partial charge in [0.15, 0.2) is 11.5 Å². The summed E-state index contributed by atoms with van der Waals surface area (Å²) < 4.78 is 43.7. The number of methoxy groups -OCH3 is 3. The van der Waals surface area contributed by atoms with Gasteiger partial charge in [-0.15, -0.1) is 0 Å². The van der Waals surface area contributed by atoms with E-state index in [1.165, 1.54) is 20.3 Å². The van der Waals surface area contributed by atoms with Gasteiger partial charge in [-0.25, -0.2) is 0 Å². The van der Waals surface area contributed by atoms with Crippen molar-refractivity contribution in [2.75, 3.05) is 40.7 Å². The number of hydrogen-bond acceptors (Lipinski definition) is 7. The number of ether oxygens (including phenoxy) is 3. The van der Waals surface area contributed by atoms with Crippen LogP contribution in [0.25, 0.3) is 0 Å². The van der Waals surface area contributed by atoms with Crippen LogP contribution in [-0.4, -0.2) is 60.0 Å². The van der Waals surface area contributed by atoms with Crippen molar-refractivity contribution >= 4 is 16.0 Å². The molecule has 0 unspecified atom stereocenters. The lowest BCUT2D eigenvalue weighted by Crippen LogP contribution is -2.33. The molecule has 2 rings (SSSR count). The number of carbonyl (C=O) groups excluding carboxylic acids is 1. The van der Waals surface area contributed by atoms with Crippen molar-refractivity contribution in [1.82, 2.24) is 4.90 Å². The average molecular weight is 423 g/mol. The van der Waals surface area contributed by atoms with Crippen molar-refractivity contribution in [2.45, 2.75) is 6.54 Å². The Bertz CT molecular complexity index is 944. The second-order valence-corrected chi connectivity index (χ2v) is 7.77. The Balaban J connectivity index is 2.34. The lowest BCUT2D eigenvalue weighted by atomic mass is 10.1. The third kappa shape index (κ3) is 6.37. The van der Waals surface area contributed by atoms with Crippen molar-refractivity contribution in [3.8, 4) is 17.2 Å². The van der Waals surface area contributed by atoms with E-state index in [4.69, 9.17) is 18.4 Å². The number of rotatable bonds is 10. The van der Waals surface area contributed by atoms with Gasteiger partial charge in [0.05, 0.1) is 32.6 Å². The molecule has 29 heavy (non-hydrogen) atoms. The van der Waals surface area contributed by atoms with Crippen LogP contribution < -0.4 is 13.7 Å². The van der Waals surface area contributed by atoms with E-state index in [-0.39, 0.29) is 24.0 Å². The van der Waals surface area contributed by atoms with Gasteiger partial charge >= 0.3 is 10.1 Å². The summed E-state index contributed by atoms with van der Waals surface area (Å²) in [5.74, 6) is 0.569. The Morgan fingerprint density at radius 2 is 1.66 bits per heavy atom. The maximum atomic E-state index is 13.1. The molecular formula is C20H25NO7S. The first-order valence-corrected chi connectivity index (χ1v) is 10.6. The summed E-state index contributed by atoms with van der Waals surface area (Å²) in [5.41, 5.74) is 1.09. The molecule has 0 bridgehead atoms. The van der Waals surface area contributed by atoms with Crippen LogP contribution in [0.3, 0.4) is 0 Å². The van der Waals surface area contributed by atoms with E-state index in [2.05, 4.69) is 0 Å². The lowest BCUT2D eigenvalue weighted by Gasteiger charge is -2.24. The minimum absolute atomic E-state index is 0.0592. The Morgan fingerprint density at radius 3 is 2.28 bits per heavy atom. The SMILES string of the molecule is COCCN(Cc1ccc(OC)c(OS(C)(=O)=O)c1)C(=O)c1ccccc1OC. The molecule has 0 radical (unpaired) electrons. The quantitative estimate of drug-likeness (QED) is 0.542. The van der Waals surface area contributed by atoms with Crippen LogP contribution in [-0.2, 0) is 21.4 Å². The minimum atomic E-state index is -3.73. The monoisotopic (exact) mass is 423 g/mol. The summed E-state index contributed by atoms with van der Waals surface area (Å²) in [6.45, 7) is 0.885. The van der Waals surface area contributed by atoms with E-state index in [1.807, 2.05) is 0 Å². The summed E-state index contributed by atoms with van der Waals surface area (Å²) >= 11 is 0. The Kier molecular flexibility index (Phi) is 7.86. The van der Waals surface area contributed by atoms with Gasteiger partial charge in [-0.3, -0.25) is 4.79 Å². The normalized spacial score (nSPS) is 11.0. The van der Waals surface area contributed by atoms with Crippen molar-refractivity contribution in [3.05, 3.63) is 53.6 Å². The number of hydrogen-bond donors (Lipinski definition) is 0. The zero-order valence-electron chi connectivity index (χ0n) is 16.9. The third-order valence-electron chi connectivity index (χ3n) is 4.03. The first-order valence-electron chi connectivity index (χ1n) is 8.76. The molecule has 0 heterocycles. The highest BCUT2D eigenvalue weighted by molar-refractivity contribution is 7.86. The molecule has 158 valence electrons. The van der Waals surface area contributed by atoms with Gasteiger partial charge in [0.1, 0.15) is 5.75 Å². The van der Waals surface area contributed by atoms with Crippen LogP contribution >= 0.6 is 0 Å². The third-order valence-corrected chi connectivity index (χ3v) is 4.51. The van der Waals surface area contributed by atoms with Crippen molar-refractivity contribution in [1.29, 1.82) is 0 Å². The molecule has 8 nitrogen and oxygen atoms in total. The topological polar surface area (TPSA) is 91.4 Å². The summed E-state index contributed by atoms with van der Waals surface area (Å²) in [6.07, 6.45) is 0.954. The smallest absolute Gasteiger partial charge is 0.306 e. The van der Waals surface area contributed by atoms with Crippen LogP contribution in [0.4, 0.5) is 0 Å². The Morgan fingerprint density at radius 1 is 0.966 bits per heavy atom. The van der Waals surface area contributed by atoms with Gasteiger partial charge in [0.2, 0.25) is 0 Å². The van der Waals surface area contributed by atoms with Gasteiger partial charge < -0.3 is 23.3 Å². The van der Waals surface area contributed by atoms with Crippen LogP contribution in [0, 0.1) is 0 Å². The first-order chi connectivity index (χ1) is 13.8. The van der Waals surface area contributed by atoms with Gasteiger partial charge in [0, 0.05) is 20.2 Å². The zero-order chi connectivity index (χ0) is 21.4. The highest BCUT2D eigenvalue weighted by Crippen LogP contribution is 2.30. The first kappa shape index (κ1) is 22.5. The predicted octanol–water partition coefficient (Wildman–Crippen LogP) is 2.33. The number of para-hydroxylation sites is 1. The molecular weight excluding hydrogens is 398 g/mol. The summed E-state index contributed by atoms with van der Waals surface area (Å²) in [7, 11) is 0.739. The fourth-order valence-electron chi connectivity index (χ4n) is 2.71. The fourth-order valence-corrected chi connectivity index (χ4v) is 3.17. The van der Waals surface area contributed by atoms with E-state index in [9.17, 15) is 13.2 Å². The molecule has 0 aliphatic rings. The van der Waals surface area contributed by atoms with E-state index >= 15 is 0 Å². The molecule has 0 aliphatic heterocycles. The van der Waals surface area contributed by atoms with Crippen LogP contribution in [0.2, 0.25) is 0 Å². The molecule has 0 aliphatic carbocycles. The molecule has 9 heteroatoms. The predicted molar refractivity (Wildman–Crippen MR) is 108 cm³/mol. The van der Waals surface area contributed by atoms with Crippen molar-refractivity contribution in [2.24, 2.45) is 0 Å². The second kappa shape index (κ2) is 10.1. The molecule has 0 atom stereocenters. The van der Waals surface area contributed by atoms with Gasteiger partial charge in [-0.1, -0.05) is 18.2 Å². The molecule has 0 spiro atoms. The summed E-state index contributed by atoms with van der Waals surface area (Å²) in [6, 6.07) is 11.8. The molecule has 2 aromatic rings. The van der Waals surface area contributed by atoms with Gasteiger partial charge in [-0.05, 0) is 29.8 Å². The standard InChI is InChI=1S/C20H25NO7S/c1-25-12-11-21(20(22)16-7-5-6-8-17(16)26-2)14-15-9-10-18(27-3)19(13-15)28-29(4,23)24/h5-10,13H,11-12,14H2,1-4H3. The second-order valence-electron chi connectivity index (χ2n) is 6.19. The molecule has 0 saturated heterocycles. The van der Waals surface area contributed by atoms with Crippen molar-refractivity contribution in [3.63, 3.8) is 0 Å². The molecule has 1 amide bonds. The van der Waals surface area contributed by atoms with Crippen LogP contribution in [0.1, 0.15) is 15.9 Å². The largest absolute Gasteiger partial charge is 0.496 e. The van der Waals surface area contributed by atoms with Crippen LogP contribution in [0.5, 0.6) is 17.2 Å². The molecule has 0 saturated carbocycles. The van der Waals surface area contributed by atoms with E-state index < -0.39 is 10.1 Å². The van der Waals surface area contributed by atoms with E-state index in [0.717, 1.165) is 6.26 Å². The van der Waals surface area contributed by atoms with Crippen LogP contribution in [0.15, 0.2) is 42.5 Å². The molecule has 2 aromatic carbocycles. The van der Waals surface area contributed by atoms with E-state index in [0.29, 0.717) is 30.0 Å². The summed E-state index contributed by atoms with van der Waals surface area (Å²) in [5, 5.41) is 0. The minimum Gasteiger partial charge on any atom is -0.496 e. The number of carbonyl (C=O) groups is 1. The van der Waals surface area contributed by atoms with Gasteiger partial charge in [-0.2, -0.15) is 8.42 Å².